The average Bonchev–Trinajstić information content (AvgIpc) is 2.49. The summed E-state index contributed by atoms with van der Waals surface area (Å²) in [5.74, 6) is -0.461. The Bertz CT molecular complexity index is 781. The maximum atomic E-state index is 12.5. The minimum absolute atomic E-state index is 0.0626. The van der Waals surface area contributed by atoms with Crippen LogP contribution in [-0.2, 0) is 14.8 Å². The first-order chi connectivity index (χ1) is 10.6. The Kier molecular flexibility index (Phi) is 5.04. The fraction of sp³-hybridized carbons (Fsp3) is 0.375. The summed E-state index contributed by atoms with van der Waals surface area (Å²) in [6.07, 6.45) is 1.34. The van der Waals surface area contributed by atoms with E-state index in [1.165, 1.54) is 25.1 Å². The van der Waals surface area contributed by atoms with Gasteiger partial charge in [-0.1, -0.05) is 32.0 Å². The van der Waals surface area contributed by atoms with Gasteiger partial charge in [-0.25, -0.2) is 0 Å². The molecule has 1 aliphatic rings. The Morgan fingerprint density at radius 2 is 1.78 bits per heavy atom. The first kappa shape index (κ1) is 18.2. The molecule has 1 aliphatic carbocycles. The van der Waals surface area contributed by atoms with Gasteiger partial charge < -0.3 is 0 Å². The molecule has 1 aromatic rings. The number of carbonyl (C=O) groups is 1. The fourth-order valence-electron chi connectivity index (χ4n) is 2.22. The number of halogens is 2. The Morgan fingerprint density at radius 3 is 2.30 bits per heavy atom. The number of alkyl halides is 2. The quantitative estimate of drug-likeness (QED) is 0.760. The number of allylic oxidation sites excluding steroid dienone is 2. The monoisotopic (exact) mass is 373 g/mol. The molecule has 0 spiro atoms. The van der Waals surface area contributed by atoms with Crippen LogP contribution >= 0.6 is 23.2 Å². The van der Waals surface area contributed by atoms with E-state index in [1.807, 2.05) is 13.8 Å². The molecule has 0 heterocycles. The molecule has 0 N–H and O–H groups in total. The van der Waals surface area contributed by atoms with E-state index in [0.29, 0.717) is 5.57 Å². The predicted molar refractivity (Wildman–Crippen MR) is 92.9 cm³/mol. The van der Waals surface area contributed by atoms with Crippen LogP contribution in [0, 0.1) is 5.92 Å². The zero-order valence-electron chi connectivity index (χ0n) is 13.0. The molecule has 0 aromatic heterocycles. The molecule has 0 amide bonds. The van der Waals surface area contributed by atoms with Gasteiger partial charge in [0.15, 0.2) is 5.78 Å². The van der Waals surface area contributed by atoms with Crippen molar-refractivity contribution in [2.45, 2.75) is 35.9 Å². The number of nitrogens with zero attached hydrogens (tertiary/aromatic N) is 1. The maximum absolute atomic E-state index is 12.5. The van der Waals surface area contributed by atoms with Gasteiger partial charge in [0, 0.05) is 0 Å². The SMILES string of the molecule is CC(C)C1=CC(=O)[C@](C)(Cl)[C@@H](Cl)C1=NS(=O)(=O)c1ccccc1. The zero-order valence-corrected chi connectivity index (χ0v) is 15.3. The van der Waals surface area contributed by atoms with Crippen molar-refractivity contribution in [2.75, 3.05) is 0 Å². The molecular weight excluding hydrogens is 357 g/mol. The van der Waals surface area contributed by atoms with Gasteiger partial charge in [-0.15, -0.1) is 23.2 Å². The van der Waals surface area contributed by atoms with Crippen LogP contribution in [0.25, 0.3) is 0 Å². The topological polar surface area (TPSA) is 63.6 Å². The van der Waals surface area contributed by atoms with Crippen molar-refractivity contribution in [3.8, 4) is 0 Å². The van der Waals surface area contributed by atoms with Crippen LogP contribution in [0.1, 0.15) is 20.8 Å². The van der Waals surface area contributed by atoms with Gasteiger partial charge in [-0.2, -0.15) is 12.8 Å². The van der Waals surface area contributed by atoms with E-state index in [2.05, 4.69) is 4.40 Å². The summed E-state index contributed by atoms with van der Waals surface area (Å²) in [5.41, 5.74) is 0.621. The molecule has 7 heteroatoms. The molecule has 2 rings (SSSR count). The van der Waals surface area contributed by atoms with Crippen molar-refractivity contribution < 1.29 is 13.2 Å². The van der Waals surface area contributed by atoms with Gasteiger partial charge in [-0.3, -0.25) is 4.79 Å². The third-order valence-corrected chi connectivity index (χ3v) is 6.13. The standard InChI is InChI=1S/C16H17Cl2NO3S/c1-10(2)12-9-13(20)16(3,18)15(17)14(12)19-23(21,22)11-7-5-4-6-8-11/h4-10,15H,1-3H3/t15-,16-/m0/s1. The van der Waals surface area contributed by atoms with Crippen molar-refractivity contribution in [1.82, 2.24) is 0 Å². The van der Waals surface area contributed by atoms with Crippen LogP contribution in [0.4, 0.5) is 0 Å². The third kappa shape index (κ3) is 3.52. The second-order valence-corrected chi connectivity index (χ2v) is 8.65. The van der Waals surface area contributed by atoms with E-state index in [4.69, 9.17) is 23.2 Å². The van der Waals surface area contributed by atoms with Gasteiger partial charge >= 0.3 is 0 Å². The minimum atomic E-state index is -3.93. The fourth-order valence-corrected chi connectivity index (χ4v) is 3.79. The highest BCUT2D eigenvalue weighted by molar-refractivity contribution is 7.90. The second-order valence-electron chi connectivity index (χ2n) is 5.82. The molecule has 0 unspecified atom stereocenters. The molecule has 4 nitrogen and oxygen atoms in total. The van der Waals surface area contributed by atoms with Gasteiger partial charge in [0.25, 0.3) is 10.0 Å². The lowest BCUT2D eigenvalue weighted by molar-refractivity contribution is -0.116. The maximum Gasteiger partial charge on any atom is 0.282 e. The number of sulfonamides is 1. The Morgan fingerprint density at radius 1 is 1.22 bits per heavy atom. The largest absolute Gasteiger partial charge is 0.293 e. The van der Waals surface area contributed by atoms with E-state index >= 15 is 0 Å². The highest BCUT2D eigenvalue weighted by atomic mass is 35.5. The van der Waals surface area contributed by atoms with Gasteiger partial charge in [0.05, 0.1) is 10.6 Å². The summed E-state index contributed by atoms with van der Waals surface area (Å²) in [4.78, 5) is 10.8. The number of rotatable bonds is 3. The first-order valence-electron chi connectivity index (χ1n) is 7.06. The molecule has 0 bridgehead atoms. The summed E-state index contributed by atoms with van der Waals surface area (Å²) in [6, 6.07) is 7.84. The van der Waals surface area contributed by atoms with Crippen LogP contribution < -0.4 is 0 Å². The molecule has 0 aliphatic heterocycles. The van der Waals surface area contributed by atoms with Crippen LogP contribution in [0.2, 0.25) is 0 Å². The summed E-state index contributed by atoms with van der Waals surface area (Å²) < 4.78 is 28.9. The number of carbonyl (C=O) groups excluding carboxylic acids is 1. The lowest BCUT2D eigenvalue weighted by Crippen LogP contribution is -2.47. The number of ketones is 1. The smallest absolute Gasteiger partial charge is 0.282 e. The number of benzene rings is 1. The summed E-state index contributed by atoms with van der Waals surface area (Å²) in [6.45, 7) is 5.14. The van der Waals surface area contributed by atoms with Crippen LogP contribution in [0.5, 0.6) is 0 Å². The molecule has 0 radical (unpaired) electrons. The summed E-state index contributed by atoms with van der Waals surface area (Å²) in [5, 5.41) is -1.03. The van der Waals surface area contributed by atoms with Crippen molar-refractivity contribution in [3.05, 3.63) is 42.0 Å². The lowest BCUT2D eigenvalue weighted by atomic mass is 9.82. The van der Waals surface area contributed by atoms with Crippen LogP contribution in [-0.4, -0.2) is 30.2 Å². The van der Waals surface area contributed by atoms with Crippen molar-refractivity contribution in [2.24, 2.45) is 10.3 Å². The third-order valence-electron chi connectivity index (χ3n) is 3.66. The lowest BCUT2D eigenvalue weighted by Gasteiger charge is -2.32. The Balaban J connectivity index is 2.63. The summed E-state index contributed by atoms with van der Waals surface area (Å²) in [7, 11) is -3.93. The van der Waals surface area contributed by atoms with Crippen LogP contribution in [0.3, 0.4) is 0 Å². The van der Waals surface area contributed by atoms with E-state index in [-0.39, 0.29) is 22.3 Å². The Hall–Kier alpha value is -1.17. The summed E-state index contributed by atoms with van der Waals surface area (Å²) >= 11 is 12.5. The highest BCUT2D eigenvalue weighted by Crippen LogP contribution is 2.36. The molecule has 23 heavy (non-hydrogen) atoms. The van der Waals surface area contributed by atoms with E-state index in [0.717, 1.165) is 0 Å². The van der Waals surface area contributed by atoms with E-state index < -0.39 is 20.3 Å². The van der Waals surface area contributed by atoms with E-state index in [9.17, 15) is 13.2 Å². The minimum Gasteiger partial charge on any atom is -0.293 e. The van der Waals surface area contributed by atoms with Crippen LogP contribution in [0.15, 0.2) is 51.3 Å². The van der Waals surface area contributed by atoms with E-state index in [1.54, 1.807) is 18.2 Å². The predicted octanol–water partition coefficient (Wildman–Crippen LogP) is 3.59. The highest BCUT2D eigenvalue weighted by Gasteiger charge is 2.46. The van der Waals surface area contributed by atoms with Gasteiger partial charge in [-0.05, 0) is 36.6 Å². The number of hydrogen-bond donors (Lipinski definition) is 0. The van der Waals surface area contributed by atoms with Crippen molar-refractivity contribution in [1.29, 1.82) is 0 Å². The normalized spacial score (nSPS) is 27.4. The van der Waals surface area contributed by atoms with Gasteiger partial charge in [0.2, 0.25) is 0 Å². The number of hydrogen-bond acceptors (Lipinski definition) is 3. The molecule has 0 saturated carbocycles. The molecular formula is C16H17Cl2NO3S. The Labute approximate surface area is 146 Å². The molecule has 0 fully saturated rings. The molecule has 1 aromatic carbocycles. The average molecular weight is 374 g/mol. The molecule has 124 valence electrons. The molecule has 0 saturated heterocycles. The van der Waals surface area contributed by atoms with Crippen molar-refractivity contribution >= 4 is 44.7 Å². The first-order valence-corrected chi connectivity index (χ1v) is 9.32. The van der Waals surface area contributed by atoms with Gasteiger partial charge in [0.1, 0.15) is 10.3 Å². The zero-order chi connectivity index (χ0) is 17.4. The van der Waals surface area contributed by atoms with Crippen molar-refractivity contribution in [3.63, 3.8) is 0 Å². The second kappa shape index (κ2) is 6.38. The molecule has 2 atom stereocenters.